The number of benzene rings is 1. The van der Waals surface area contributed by atoms with E-state index in [1.54, 1.807) is 29.6 Å². The predicted octanol–water partition coefficient (Wildman–Crippen LogP) is 5.64. The van der Waals surface area contributed by atoms with Crippen molar-refractivity contribution in [3.63, 3.8) is 0 Å². The Kier molecular flexibility index (Phi) is 7.05. The van der Waals surface area contributed by atoms with E-state index < -0.39 is 17.7 Å². The van der Waals surface area contributed by atoms with E-state index in [1.165, 1.54) is 22.1 Å². The van der Waals surface area contributed by atoms with Crippen LogP contribution in [0.15, 0.2) is 60.2 Å². The van der Waals surface area contributed by atoms with Crippen LogP contribution in [-0.4, -0.2) is 41.8 Å². The predicted molar refractivity (Wildman–Crippen MR) is 122 cm³/mol. The third-order valence-electron chi connectivity index (χ3n) is 5.72. The van der Waals surface area contributed by atoms with Crippen LogP contribution in [0.1, 0.15) is 27.3 Å². The molecule has 0 amide bonds. The maximum Gasteiger partial charge on any atom is 0.412 e. The molecule has 1 aromatic carbocycles. The van der Waals surface area contributed by atoms with E-state index in [0.29, 0.717) is 5.75 Å². The van der Waals surface area contributed by atoms with E-state index in [9.17, 15) is 18.0 Å². The second kappa shape index (κ2) is 9.97. The van der Waals surface area contributed by atoms with Crippen LogP contribution >= 0.6 is 11.3 Å². The molecule has 0 saturated heterocycles. The maximum absolute atomic E-state index is 13.0. The molecule has 8 heteroatoms. The topological polar surface area (TPSA) is 49.8 Å². The van der Waals surface area contributed by atoms with Crippen LogP contribution in [-0.2, 0) is 24.2 Å². The molecule has 2 aromatic rings. The number of alkyl halides is 3. The van der Waals surface area contributed by atoms with Gasteiger partial charge in [-0.3, -0.25) is 4.90 Å². The zero-order valence-corrected chi connectivity index (χ0v) is 18.7. The largest absolute Gasteiger partial charge is 0.482 e. The summed E-state index contributed by atoms with van der Waals surface area (Å²) in [7, 11) is 0. The first-order chi connectivity index (χ1) is 15.8. The van der Waals surface area contributed by atoms with Crippen molar-refractivity contribution in [3.8, 4) is 5.75 Å². The highest BCUT2D eigenvalue weighted by atomic mass is 32.1. The molecule has 1 aliphatic carbocycles. The average molecular weight is 476 g/mol. The molecule has 1 N–H and O–H groups in total. The lowest BCUT2D eigenvalue weighted by atomic mass is 10.0. The Bertz CT molecular complexity index is 1110. The fraction of sp³-hybridized carbons (Fsp3) is 0.320. The minimum absolute atomic E-state index is 0.112. The Balaban J connectivity index is 1.39. The van der Waals surface area contributed by atoms with Gasteiger partial charge in [-0.15, -0.1) is 11.3 Å². The zero-order chi connectivity index (χ0) is 23.4. The number of carbonyl (C=O) groups is 1. The quantitative estimate of drug-likeness (QED) is 0.587. The molecule has 0 unspecified atom stereocenters. The first-order valence-corrected chi connectivity index (χ1v) is 11.5. The van der Waals surface area contributed by atoms with E-state index >= 15 is 0 Å². The average Bonchev–Trinajstić information content (AvgIpc) is 2.96. The van der Waals surface area contributed by atoms with Gasteiger partial charge < -0.3 is 9.84 Å². The molecule has 0 atom stereocenters. The van der Waals surface area contributed by atoms with Crippen LogP contribution in [0.25, 0.3) is 5.57 Å². The van der Waals surface area contributed by atoms with Crippen molar-refractivity contribution in [2.45, 2.75) is 32.0 Å². The van der Waals surface area contributed by atoms with E-state index in [1.807, 2.05) is 30.3 Å². The molecule has 1 aliphatic heterocycles. The number of aliphatic carboxylic acids is 1. The number of carboxylic acid groups (broad SMARTS) is 1. The van der Waals surface area contributed by atoms with Crippen molar-refractivity contribution >= 4 is 22.9 Å². The lowest BCUT2D eigenvalue weighted by Gasteiger charge is -2.18. The Morgan fingerprint density at radius 2 is 1.88 bits per heavy atom. The zero-order valence-electron chi connectivity index (χ0n) is 17.9. The van der Waals surface area contributed by atoms with Gasteiger partial charge in [-0.25, -0.2) is 4.79 Å². The summed E-state index contributed by atoms with van der Waals surface area (Å²) in [5.74, 6) is -0.432. The second-order valence-corrected chi connectivity index (χ2v) is 9.24. The standard InChI is InChI=1S/C25H24F3NO3S/c26-25(27,28)20-3-1-2-18(4-6-20)23-9-8-22(33-23)15-29-12-10-17-5-7-21(32-16-24(30)31)14-19(17)11-13-29/h1-2,4-9,14H,3,10-13,15-16H2,(H,30,31). The van der Waals surface area contributed by atoms with Gasteiger partial charge in [0, 0.05) is 35.0 Å². The summed E-state index contributed by atoms with van der Waals surface area (Å²) >= 11 is 1.61. The Morgan fingerprint density at radius 1 is 1.09 bits per heavy atom. The van der Waals surface area contributed by atoms with Crippen LogP contribution in [0, 0.1) is 0 Å². The molecule has 4 rings (SSSR count). The molecule has 2 heterocycles. The minimum Gasteiger partial charge on any atom is -0.482 e. The Hall–Kier alpha value is -2.84. The van der Waals surface area contributed by atoms with Crippen molar-refractivity contribution in [1.29, 1.82) is 0 Å². The molecule has 0 radical (unpaired) electrons. The lowest BCUT2D eigenvalue weighted by molar-refractivity contribution is -0.139. The molecule has 2 aliphatic rings. The van der Waals surface area contributed by atoms with Crippen LogP contribution < -0.4 is 4.74 Å². The number of allylic oxidation sites excluding steroid dienone is 6. The minimum atomic E-state index is -4.30. The second-order valence-electron chi connectivity index (χ2n) is 8.07. The number of rotatable bonds is 6. The summed E-state index contributed by atoms with van der Waals surface area (Å²) < 4.78 is 44.2. The monoisotopic (exact) mass is 475 g/mol. The van der Waals surface area contributed by atoms with Crippen molar-refractivity contribution in [1.82, 2.24) is 4.90 Å². The highest BCUT2D eigenvalue weighted by Gasteiger charge is 2.32. The van der Waals surface area contributed by atoms with Gasteiger partial charge in [-0.1, -0.05) is 30.4 Å². The van der Waals surface area contributed by atoms with E-state index in [2.05, 4.69) is 4.90 Å². The molecule has 0 spiro atoms. The molecule has 174 valence electrons. The molecule has 1 aromatic heterocycles. The summed E-state index contributed by atoms with van der Waals surface area (Å²) in [6.45, 7) is 2.19. The molecular formula is C25H24F3NO3S. The van der Waals surface area contributed by atoms with Crippen LogP contribution in [0.4, 0.5) is 13.2 Å². The SMILES string of the molecule is O=C(O)COc1ccc2c(c1)CCN(Cc1ccc(C3=CC=C(C(F)(F)F)CC=C3)s1)CC2. The summed E-state index contributed by atoms with van der Waals surface area (Å²) in [6, 6.07) is 9.77. The third kappa shape index (κ3) is 6.15. The fourth-order valence-corrected chi connectivity index (χ4v) is 5.04. The van der Waals surface area contributed by atoms with E-state index in [0.717, 1.165) is 42.9 Å². The summed E-state index contributed by atoms with van der Waals surface area (Å²) in [6.07, 6.45) is 3.38. The van der Waals surface area contributed by atoms with Gasteiger partial charge in [-0.05, 0) is 60.2 Å². The number of halogens is 3. The van der Waals surface area contributed by atoms with Crippen molar-refractivity contribution in [2.75, 3.05) is 19.7 Å². The first-order valence-electron chi connectivity index (χ1n) is 10.7. The maximum atomic E-state index is 13.0. The van der Waals surface area contributed by atoms with E-state index in [4.69, 9.17) is 9.84 Å². The Labute approximate surface area is 194 Å². The number of ether oxygens (including phenoxy) is 1. The number of nitrogens with zero attached hydrogens (tertiary/aromatic N) is 1. The first kappa shape index (κ1) is 23.3. The van der Waals surface area contributed by atoms with Gasteiger partial charge in [0.15, 0.2) is 6.61 Å². The van der Waals surface area contributed by atoms with Gasteiger partial charge >= 0.3 is 12.1 Å². The third-order valence-corrected chi connectivity index (χ3v) is 6.84. The normalized spacial score (nSPS) is 16.9. The van der Waals surface area contributed by atoms with E-state index in [-0.39, 0.29) is 13.0 Å². The van der Waals surface area contributed by atoms with Crippen molar-refractivity contribution in [3.05, 3.63) is 81.1 Å². The number of fused-ring (bicyclic) bond motifs is 1. The highest BCUT2D eigenvalue weighted by Crippen LogP contribution is 2.33. The highest BCUT2D eigenvalue weighted by molar-refractivity contribution is 7.13. The molecular weight excluding hydrogens is 451 g/mol. The van der Waals surface area contributed by atoms with Crippen LogP contribution in [0.5, 0.6) is 5.75 Å². The smallest absolute Gasteiger partial charge is 0.412 e. The number of carboxylic acids is 1. The van der Waals surface area contributed by atoms with Gasteiger partial charge in [-0.2, -0.15) is 13.2 Å². The van der Waals surface area contributed by atoms with Crippen molar-refractivity contribution < 1.29 is 27.8 Å². The number of thiophene rings is 1. The molecule has 33 heavy (non-hydrogen) atoms. The summed E-state index contributed by atoms with van der Waals surface area (Å²) in [5.41, 5.74) is 2.68. The number of hydrogen-bond acceptors (Lipinski definition) is 4. The van der Waals surface area contributed by atoms with Gasteiger partial charge in [0.2, 0.25) is 0 Å². The lowest BCUT2D eigenvalue weighted by Crippen LogP contribution is -2.25. The van der Waals surface area contributed by atoms with Crippen LogP contribution in [0.3, 0.4) is 0 Å². The molecule has 0 saturated carbocycles. The molecule has 0 bridgehead atoms. The van der Waals surface area contributed by atoms with Gasteiger partial charge in [0.25, 0.3) is 0 Å². The molecule has 4 nitrogen and oxygen atoms in total. The Morgan fingerprint density at radius 3 is 2.64 bits per heavy atom. The molecule has 0 fully saturated rings. The van der Waals surface area contributed by atoms with Gasteiger partial charge in [0.1, 0.15) is 5.75 Å². The summed E-state index contributed by atoms with van der Waals surface area (Å²) in [4.78, 5) is 15.2. The number of hydrogen-bond donors (Lipinski definition) is 1. The van der Waals surface area contributed by atoms with Gasteiger partial charge in [0.05, 0.1) is 0 Å². The summed E-state index contributed by atoms with van der Waals surface area (Å²) in [5, 5.41) is 8.79. The fourth-order valence-electron chi connectivity index (χ4n) is 3.98. The van der Waals surface area contributed by atoms with Crippen LogP contribution in [0.2, 0.25) is 0 Å². The van der Waals surface area contributed by atoms with Crippen molar-refractivity contribution in [2.24, 2.45) is 0 Å².